The number of hydrogen-bond donors (Lipinski definition) is 1. The van der Waals surface area contributed by atoms with Crippen LogP contribution < -0.4 is 10.1 Å². The molecule has 2 saturated heterocycles. The molecule has 30 heavy (non-hydrogen) atoms. The second kappa shape index (κ2) is 6.84. The minimum Gasteiger partial charge on any atom is -0.492 e. The van der Waals surface area contributed by atoms with E-state index in [1.807, 2.05) is 18.2 Å². The largest absolute Gasteiger partial charge is 0.492 e. The lowest BCUT2D eigenvalue weighted by Gasteiger charge is -2.20. The Morgan fingerprint density at radius 1 is 1.10 bits per heavy atom. The number of piperidine rings is 2. The summed E-state index contributed by atoms with van der Waals surface area (Å²) in [5, 5.41) is 5.48. The third-order valence-electron chi connectivity index (χ3n) is 6.88. The van der Waals surface area contributed by atoms with Gasteiger partial charge in [0.05, 0.1) is 12.2 Å². The molecule has 0 spiro atoms. The van der Waals surface area contributed by atoms with Gasteiger partial charge in [-0.15, -0.1) is 0 Å². The Balaban J connectivity index is 1.23. The number of nitrogens with one attached hydrogen (secondary N) is 1. The van der Waals surface area contributed by atoms with Gasteiger partial charge in [0.2, 0.25) is 11.8 Å². The highest BCUT2D eigenvalue weighted by Gasteiger charge is 2.44. The molecule has 3 fully saturated rings. The maximum atomic E-state index is 12.3. The van der Waals surface area contributed by atoms with E-state index in [0.29, 0.717) is 19.4 Å². The summed E-state index contributed by atoms with van der Waals surface area (Å²) in [5.41, 5.74) is 1.60. The highest BCUT2D eigenvalue weighted by molar-refractivity contribution is 6.04. The number of nitrogens with zero attached hydrogens (tertiary/aromatic N) is 1. The summed E-state index contributed by atoms with van der Waals surface area (Å²) in [6.07, 6.45) is 3.94. The summed E-state index contributed by atoms with van der Waals surface area (Å²) in [7, 11) is 0. The number of amides is 2. The van der Waals surface area contributed by atoms with Gasteiger partial charge in [-0.1, -0.05) is 6.07 Å². The smallest absolute Gasteiger partial charge is 0.234 e. The van der Waals surface area contributed by atoms with Crippen molar-refractivity contribution >= 4 is 33.6 Å². The summed E-state index contributed by atoms with van der Waals surface area (Å²) in [4.78, 5) is 26.3. The van der Waals surface area contributed by atoms with Gasteiger partial charge in [0.25, 0.3) is 0 Å². The van der Waals surface area contributed by atoms with E-state index in [0.717, 1.165) is 51.4 Å². The molecule has 2 amide bonds. The zero-order chi connectivity index (χ0) is 20.2. The van der Waals surface area contributed by atoms with Gasteiger partial charge in [0, 0.05) is 37.0 Å². The van der Waals surface area contributed by atoms with Crippen LogP contribution in [0.1, 0.15) is 30.7 Å². The Morgan fingerprint density at radius 3 is 2.80 bits per heavy atom. The van der Waals surface area contributed by atoms with Gasteiger partial charge in [-0.05, 0) is 59.7 Å². The van der Waals surface area contributed by atoms with Crippen molar-refractivity contribution in [3.63, 3.8) is 0 Å². The van der Waals surface area contributed by atoms with Crippen LogP contribution in [0.15, 0.2) is 41.0 Å². The highest BCUT2D eigenvalue weighted by Crippen LogP contribution is 2.44. The number of hydrogen-bond acceptors (Lipinski definition) is 5. The van der Waals surface area contributed by atoms with Crippen molar-refractivity contribution in [3.8, 4) is 5.75 Å². The summed E-state index contributed by atoms with van der Waals surface area (Å²) in [6, 6.07) is 10.2. The molecule has 3 aliphatic rings. The first-order chi connectivity index (χ1) is 14.6. The number of ether oxygens (including phenoxy) is 1. The molecule has 2 aliphatic heterocycles. The normalized spacial score (nSPS) is 26.2. The van der Waals surface area contributed by atoms with Crippen LogP contribution in [0.3, 0.4) is 0 Å². The summed E-state index contributed by atoms with van der Waals surface area (Å²) in [5.74, 6) is 1.95. The molecule has 1 aromatic heterocycles. The van der Waals surface area contributed by atoms with Gasteiger partial charge in [-0.25, -0.2) is 0 Å². The van der Waals surface area contributed by atoms with Crippen LogP contribution >= 0.6 is 0 Å². The van der Waals surface area contributed by atoms with Crippen LogP contribution in [0.2, 0.25) is 0 Å². The molecule has 0 bridgehead atoms. The molecular weight excluding hydrogens is 380 g/mol. The Kier molecular flexibility index (Phi) is 4.09. The van der Waals surface area contributed by atoms with E-state index in [1.54, 1.807) is 6.26 Å². The maximum Gasteiger partial charge on any atom is 0.234 e. The second-order valence-corrected chi connectivity index (χ2v) is 8.92. The van der Waals surface area contributed by atoms with Crippen molar-refractivity contribution in [3.05, 3.63) is 42.2 Å². The molecule has 3 atom stereocenters. The molecule has 3 aromatic rings. The lowest BCUT2D eigenvalue weighted by atomic mass is 9.90. The van der Waals surface area contributed by atoms with E-state index in [-0.39, 0.29) is 17.7 Å². The molecule has 1 N–H and O–H groups in total. The van der Waals surface area contributed by atoms with Crippen molar-refractivity contribution in [2.45, 2.75) is 25.2 Å². The third kappa shape index (κ3) is 3.16. The fraction of sp³-hybridized carbons (Fsp3) is 0.417. The molecule has 0 radical (unpaired) electrons. The highest BCUT2D eigenvalue weighted by atomic mass is 16.5. The molecule has 3 heterocycles. The number of carbonyl (C=O) groups is 2. The van der Waals surface area contributed by atoms with Crippen molar-refractivity contribution in [2.24, 2.45) is 11.8 Å². The third-order valence-corrected chi connectivity index (χ3v) is 6.88. The van der Waals surface area contributed by atoms with Crippen molar-refractivity contribution in [2.75, 3.05) is 26.2 Å². The maximum absolute atomic E-state index is 12.3. The molecule has 154 valence electrons. The number of benzene rings is 2. The van der Waals surface area contributed by atoms with Crippen LogP contribution in [0.25, 0.3) is 21.7 Å². The number of fused-ring (bicyclic) bond motifs is 3. The van der Waals surface area contributed by atoms with E-state index in [2.05, 4.69) is 22.3 Å². The number of rotatable bonds is 5. The second-order valence-electron chi connectivity index (χ2n) is 8.92. The minimum absolute atomic E-state index is 0.206. The first-order valence-electron chi connectivity index (χ1n) is 10.8. The van der Waals surface area contributed by atoms with Gasteiger partial charge in [0.15, 0.2) is 0 Å². The van der Waals surface area contributed by atoms with Crippen LogP contribution in [-0.2, 0) is 9.59 Å². The van der Waals surface area contributed by atoms with E-state index >= 15 is 0 Å². The monoisotopic (exact) mass is 404 g/mol. The van der Waals surface area contributed by atoms with E-state index in [4.69, 9.17) is 9.15 Å². The van der Waals surface area contributed by atoms with Crippen LogP contribution in [0.4, 0.5) is 0 Å². The van der Waals surface area contributed by atoms with Gasteiger partial charge in [-0.2, -0.15) is 0 Å². The summed E-state index contributed by atoms with van der Waals surface area (Å²) >= 11 is 0. The van der Waals surface area contributed by atoms with Crippen LogP contribution in [-0.4, -0.2) is 43.0 Å². The molecule has 6 heteroatoms. The molecule has 1 saturated carbocycles. The Hall–Kier alpha value is -2.86. The van der Waals surface area contributed by atoms with E-state index in [1.165, 1.54) is 19.5 Å². The number of furan rings is 1. The average Bonchev–Trinajstić information content (AvgIpc) is 3.14. The first-order valence-corrected chi connectivity index (χ1v) is 10.8. The number of carbonyl (C=O) groups excluding carboxylic acids is 2. The molecular formula is C24H24N2O4. The molecule has 6 rings (SSSR count). The van der Waals surface area contributed by atoms with Gasteiger partial charge in [-0.3, -0.25) is 19.8 Å². The van der Waals surface area contributed by atoms with Gasteiger partial charge < -0.3 is 9.15 Å². The van der Waals surface area contributed by atoms with Crippen LogP contribution in [0, 0.1) is 11.8 Å². The summed E-state index contributed by atoms with van der Waals surface area (Å²) in [6.45, 7) is 4.13. The molecule has 2 aromatic carbocycles. The fourth-order valence-corrected chi connectivity index (χ4v) is 5.09. The topological polar surface area (TPSA) is 71.8 Å². The SMILES string of the molecule is O=C1CC[C@H](c2coc3cc4ccc(OCCN5CC6CC6C5)cc4cc23)C(=O)N1. The molecule has 1 aliphatic carbocycles. The van der Waals surface area contributed by atoms with E-state index < -0.39 is 0 Å². The summed E-state index contributed by atoms with van der Waals surface area (Å²) < 4.78 is 11.8. The number of imide groups is 1. The van der Waals surface area contributed by atoms with Crippen molar-refractivity contribution in [1.29, 1.82) is 0 Å². The quantitative estimate of drug-likeness (QED) is 0.660. The zero-order valence-electron chi connectivity index (χ0n) is 16.7. The lowest BCUT2D eigenvalue weighted by molar-refractivity contribution is -0.134. The standard InChI is InChI=1S/C24H24N2O4/c27-23-4-3-19(24(28)25-23)21-13-30-22-10-14-1-2-18(8-15(14)9-20(21)22)29-6-5-26-11-16-7-17(16)12-26/h1-2,8-10,13,16-17,19H,3-7,11-12H2,(H,25,27,28)/t16?,17?,19-/m1/s1. The zero-order valence-corrected chi connectivity index (χ0v) is 16.7. The Labute approximate surface area is 174 Å². The van der Waals surface area contributed by atoms with Crippen molar-refractivity contribution in [1.82, 2.24) is 10.2 Å². The van der Waals surface area contributed by atoms with Crippen molar-refractivity contribution < 1.29 is 18.7 Å². The predicted molar refractivity (Wildman–Crippen MR) is 112 cm³/mol. The first kappa shape index (κ1) is 18.0. The minimum atomic E-state index is -0.354. The Morgan fingerprint density at radius 2 is 1.97 bits per heavy atom. The van der Waals surface area contributed by atoms with Crippen LogP contribution in [0.5, 0.6) is 5.75 Å². The van der Waals surface area contributed by atoms with Gasteiger partial charge in [0.1, 0.15) is 17.9 Å². The predicted octanol–water partition coefficient (Wildman–Crippen LogP) is 3.44. The van der Waals surface area contributed by atoms with Gasteiger partial charge >= 0.3 is 0 Å². The van der Waals surface area contributed by atoms with E-state index in [9.17, 15) is 9.59 Å². The average molecular weight is 404 g/mol. The molecule has 6 nitrogen and oxygen atoms in total. The fourth-order valence-electron chi connectivity index (χ4n) is 5.09. The number of likely N-dealkylation sites (tertiary alicyclic amines) is 1. The molecule has 2 unspecified atom stereocenters. The lowest BCUT2D eigenvalue weighted by Crippen LogP contribution is -2.39. The Bertz CT molecular complexity index is 1160.